The van der Waals surface area contributed by atoms with Crippen molar-refractivity contribution in [1.82, 2.24) is 77.1 Å². The molecule has 22 rings (SSSR count). The standard InChI is InChI=1S/C28H27N7O2S.C28H27N7OS.C26H23F2N7OS.C26H24FN7OS/c29-22-3-1-2-4-23(22)32-27(36)20-5-7-21(8-6-20)31-28-33-24(18-38-28)25-16-30-26-15-19(9-10-35(25)26)17-34-11-13-37-14-12-34;29-22-5-1-2-6-23(22)32-27(36)20-7-9-21(10-8-20)31-28-33-24(18-37-28)25-16-30-26-15-19(11-14-35(25)26)17-34-12-3-4-13-34;1-34(2)13-15-8-9-35-22(12-30-23(35)10-15)21-14-37-26(32-21)31-20-7-6-16(11-18(20)28)25(36)33-24-17(27)4-3-5-19(24)29;1-33(2)14-16-10-11-34-22(13-29-23(34)12-16)21-15-36-26(31-21)30-18-8-6-17(7-9-18)25(35)32-24-19(27)4-3-5-20(24)28/h1-10,15-16,18H,11-14,17,29H2,(H,31,33)(H,32,36);1-2,5-11,14-16,18H,3-4,12-13,17,29H2,(H,31,33)(H,32,36);3-12,14H,13,29H2,1-2H3,(H,31,32)(H,33,36);3-13,15H,14,28H2,1-2H3,(H,30,31)(H,32,35). The number of nitrogens with one attached hydrogen (secondary N) is 8. The molecule has 148 heavy (non-hydrogen) atoms. The van der Waals surface area contributed by atoms with E-state index in [4.69, 9.17) is 42.6 Å². The largest absolute Gasteiger partial charge is 0.397 e. The molecule has 0 bridgehead atoms. The molecule has 0 radical (unpaired) electrons. The van der Waals surface area contributed by atoms with E-state index in [0.29, 0.717) is 55.4 Å². The molecule has 20 aromatic rings. The highest BCUT2D eigenvalue weighted by Gasteiger charge is 2.24. The number of amides is 4. The SMILES string of the molecule is CN(C)Cc1ccn2c(-c3csc(Nc4ccc(C(=O)Nc5c(N)cccc5F)cc4)n3)cnc2c1.CN(C)Cc1ccn2c(-c3csc(Nc4ccc(C(=O)Nc5c(N)cccc5F)cc4F)n3)cnc2c1.Nc1ccccc1NC(=O)c1ccc(Nc2nc(-c3cnc4cc(CN5CCCC5)ccn34)cs2)cc1.Nc1ccccc1NC(=O)c1ccc(Nc2nc(-c3cnc4cc(CN5CCOCC5)ccn34)cs2)cc1. The van der Waals surface area contributed by atoms with E-state index in [1.165, 1.54) is 136 Å². The maximum absolute atomic E-state index is 14.8. The molecule has 16 N–H and O–H groups in total. The number of morpholine rings is 1. The van der Waals surface area contributed by atoms with Gasteiger partial charge in [-0.15, -0.1) is 45.3 Å². The van der Waals surface area contributed by atoms with Crippen LogP contribution in [0.3, 0.4) is 0 Å². The molecule has 14 heterocycles. The van der Waals surface area contributed by atoms with Gasteiger partial charge in [-0.2, -0.15) is 0 Å². The van der Waals surface area contributed by atoms with E-state index in [-0.39, 0.29) is 45.8 Å². The number of carbonyl (C=O) groups excluding carboxylic acids is 4. The van der Waals surface area contributed by atoms with E-state index in [0.717, 1.165) is 154 Å². The first-order chi connectivity index (χ1) is 71.9. The molecule has 4 amide bonds. The second-order valence-corrected chi connectivity index (χ2v) is 38.9. The molecule has 2 saturated heterocycles. The Hall–Kier alpha value is -17.1. The fourth-order valence-corrected chi connectivity index (χ4v) is 19.6. The van der Waals surface area contributed by atoms with Crippen LogP contribution in [0.2, 0.25) is 0 Å². The van der Waals surface area contributed by atoms with Gasteiger partial charge in [-0.3, -0.25) is 46.6 Å². The van der Waals surface area contributed by atoms with Crippen molar-refractivity contribution in [2.75, 3.05) is 133 Å². The Bertz CT molecular complexity index is 8130. The van der Waals surface area contributed by atoms with Crippen LogP contribution in [0, 0.1) is 17.5 Å². The molecule has 40 heteroatoms. The Morgan fingerprint density at radius 1 is 0.345 bits per heavy atom. The molecule has 2 aliphatic heterocycles. The van der Waals surface area contributed by atoms with Crippen LogP contribution in [0.15, 0.2) is 296 Å². The lowest BCUT2D eigenvalue weighted by Gasteiger charge is -2.26. The van der Waals surface area contributed by atoms with Gasteiger partial charge >= 0.3 is 0 Å². The van der Waals surface area contributed by atoms with Gasteiger partial charge in [0.2, 0.25) is 0 Å². The number of benzene rings is 8. The summed E-state index contributed by atoms with van der Waals surface area (Å²) in [4.78, 5) is 96.4. The van der Waals surface area contributed by atoms with Crippen molar-refractivity contribution >= 4 is 180 Å². The number of likely N-dealkylation sites (tertiary alicyclic amines) is 1. The smallest absolute Gasteiger partial charge is 0.255 e. The molecular weight excluding hydrogens is 1950 g/mol. The third-order valence-electron chi connectivity index (χ3n) is 24.1. The molecular formula is C108H101F3N28O5S4. The van der Waals surface area contributed by atoms with Gasteiger partial charge in [0.05, 0.1) is 101 Å². The van der Waals surface area contributed by atoms with Gasteiger partial charge in [0.25, 0.3) is 23.6 Å². The number of para-hydroxylation sites is 6. The van der Waals surface area contributed by atoms with E-state index in [9.17, 15) is 32.3 Å². The quantitative estimate of drug-likeness (QED) is 0.0203. The van der Waals surface area contributed by atoms with Crippen molar-refractivity contribution in [2.45, 2.75) is 39.0 Å². The highest BCUT2D eigenvalue weighted by atomic mass is 32.1. The lowest BCUT2D eigenvalue weighted by molar-refractivity contribution is 0.0342. The van der Waals surface area contributed by atoms with Crippen LogP contribution in [0.5, 0.6) is 0 Å². The van der Waals surface area contributed by atoms with Crippen molar-refractivity contribution in [3.05, 3.63) is 358 Å². The summed E-state index contributed by atoms with van der Waals surface area (Å²) in [5.41, 5.74) is 45.0. The zero-order valence-electron chi connectivity index (χ0n) is 80.5. The highest BCUT2D eigenvalue weighted by molar-refractivity contribution is 7.15. The number of aromatic nitrogens is 12. The second-order valence-electron chi connectivity index (χ2n) is 35.5. The van der Waals surface area contributed by atoms with Crippen LogP contribution >= 0.6 is 45.3 Å². The predicted octanol–water partition coefficient (Wildman–Crippen LogP) is 21.1. The van der Waals surface area contributed by atoms with E-state index in [2.05, 4.69) is 145 Å². The number of hydrogen-bond acceptors (Lipinski definition) is 29. The maximum atomic E-state index is 14.8. The number of ether oxygens (including phenoxy) is 1. The maximum Gasteiger partial charge on any atom is 0.255 e. The Morgan fingerprint density at radius 2 is 0.669 bits per heavy atom. The van der Waals surface area contributed by atoms with Gasteiger partial charge in [0, 0.05) is 125 Å². The van der Waals surface area contributed by atoms with E-state index < -0.39 is 29.3 Å². The Balaban J connectivity index is 0.000000124. The molecule has 748 valence electrons. The lowest BCUT2D eigenvalue weighted by atomic mass is 10.1. The van der Waals surface area contributed by atoms with Crippen LogP contribution in [-0.2, 0) is 30.9 Å². The number of nitrogens with two attached hydrogens (primary N) is 4. The molecule has 2 aliphatic rings. The van der Waals surface area contributed by atoms with E-state index in [1.54, 1.807) is 79.0 Å². The van der Waals surface area contributed by atoms with Crippen molar-refractivity contribution in [3.8, 4) is 45.6 Å². The molecule has 8 aromatic carbocycles. The minimum Gasteiger partial charge on any atom is -0.397 e. The zero-order chi connectivity index (χ0) is 102. The number of anilines is 16. The topological polar surface area (TPSA) is 412 Å². The molecule has 33 nitrogen and oxygen atoms in total. The van der Waals surface area contributed by atoms with Crippen LogP contribution in [-0.4, -0.2) is 168 Å². The first-order valence-electron chi connectivity index (χ1n) is 47.1. The fourth-order valence-electron chi connectivity index (χ4n) is 16.7. The van der Waals surface area contributed by atoms with Gasteiger partial charge in [-0.25, -0.2) is 53.0 Å². The number of halogens is 3. The lowest BCUT2D eigenvalue weighted by Crippen LogP contribution is -2.35. The summed E-state index contributed by atoms with van der Waals surface area (Å²) >= 11 is 5.83. The number of pyridine rings is 4. The van der Waals surface area contributed by atoms with Crippen molar-refractivity contribution in [2.24, 2.45) is 0 Å². The molecule has 0 spiro atoms. The summed E-state index contributed by atoms with van der Waals surface area (Å²) in [6, 6.07) is 64.8. The van der Waals surface area contributed by atoms with Gasteiger partial charge in [-0.1, -0.05) is 36.4 Å². The van der Waals surface area contributed by atoms with Crippen molar-refractivity contribution in [1.29, 1.82) is 0 Å². The molecule has 0 aliphatic carbocycles. The third kappa shape index (κ3) is 24.3. The monoisotopic (exact) mass is 2050 g/mol. The second kappa shape index (κ2) is 45.5. The predicted molar refractivity (Wildman–Crippen MR) is 585 cm³/mol. The summed E-state index contributed by atoms with van der Waals surface area (Å²) in [7, 11) is 8.10. The number of hydrogen-bond donors (Lipinski definition) is 12. The average molecular weight is 2060 g/mol. The number of carbonyl (C=O) groups is 4. The first kappa shape index (κ1) is 99.6. The van der Waals surface area contributed by atoms with Crippen LogP contribution in [0.1, 0.15) is 76.5 Å². The van der Waals surface area contributed by atoms with E-state index >= 15 is 0 Å². The summed E-state index contributed by atoms with van der Waals surface area (Å²) < 4.78 is 56.3. The van der Waals surface area contributed by atoms with Crippen LogP contribution in [0.25, 0.3) is 68.1 Å². The molecule has 0 atom stereocenters. The third-order valence-corrected chi connectivity index (χ3v) is 27.2. The van der Waals surface area contributed by atoms with Gasteiger partial charge < -0.3 is 80.0 Å². The number of imidazole rings is 4. The molecule has 0 saturated carbocycles. The summed E-state index contributed by atoms with van der Waals surface area (Å²) in [5.74, 6) is -3.47. The highest BCUT2D eigenvalue weighted by Crippen LogP contribution is 2.37. The van der Waals surface area contributed by atoms with Crippen LogP contribution < -0.4 is 65.5 Å². The Labute approximate surface area is 863 Å². The van der Waals surface area contributed by atoms with Gasteiger partial charge in [-0.05, 0) is 264 Å². The van der Waals surface area contributed by atoms with Crippen molar-refractivity contribution in [3.63, 3.8) is 0 Å². The Morgan fingerprint density at radius 3 is 1.03 bits per heavy atom. The summed E-state index contributed by atoms with van der Waals surface area (Å²) in [6.45, 7) is 9.39. The number of fused-ring (bicyclic) bond motifs is 4. The minimum atomic E-state index is -0.680. The molecule has 2 fully saturated rings. The Kier molecular flexibility index (Phi) is 30.6. The van der Waals surface area contributed by atoms with Gasteiger partial charge in [0.1, 0.15) is 74.2 Å². The minimum absolute atomic E-state index is 0.0184. The van der Waals surface area contributed by atoms with Crippen LogP contribution in [0.4, 0.5) is 102 Å². The normalized spacial score (nSPS) is 12.6. The van der Waals surface area contributed by atoms with E-state index in [1.807, 2.05) is 150 Å². The number of nitrogen functional groups attached to an aromatic ring is 4. The average Bonchev–Trinajstić information content (AvgIpc) is 1.65. The summed E-state index contributed by atoms with van der Waals surface area (Å²) in [6.07, 6.45) is 18.0. The van der Waals surface area contributed by atoms with Crippen molar-refractivity contribution < 1.29 is 37.1 Å². The number of rotatable bonds is 28. The fraction of sp³-hybridized carbons (Fsp3) is 0.148. The van der Waals surface area contributed by atoms with Gasteiger partial charge in [0.15, 0.2) is 20.5 Å². The molecule has 12 aromatic heterocycles. The first-order valence-corrected chi connectivity index (χ1v) is 50.6. The summed E-state index contributed by atoms with van der Waals surface area (Å²) in [5, 5.41) is 34.1. The number of nitrogens with zero attached hydrogens (tertiary/aromatic N) is 16. The number of thiazole rings is 4. The molecule has 0 unspecified atom stereocenters. The zero-order valence-corrected chi connectivity index (χ0v) is 83.8.